The van der Waals surface area contributed by atoms with E-state index in [1.165, 1.54) is 7.11 Å². The molecule has 1 aromatic heterocycles. The van der Waals surface area contributed by atoms with Crippen LogP contribution in [0.3, 0.4) is 0 Å². The number of hydrogen-bond acceptors (Lipinski definition) is 3. The number of carbonyl (C=O) groups is 2. The molecule has 0 saturated heterocycles. The van der Waals surface area contributed by atoms with Crippen molar-refractivity contribution in [1.82, 2.24) is 9.88 Å². The Bertz CT molecular complexity index is 461. The molecule has 5 nitrogen and oxygen atoms in total. The van der Waals surface area contributed by atoms with E-state index in [4.69, 9.17) is 0 Å². The van der Waals surface area contributed by atoms with Crippen LogP contribution in [0.4, 0.5) is 0 Å². The lowest BCUT2D eigenvalue weighted by Crippen LogP contribution is -2.55. The number of nitrogens with zero attached hydrogens (tertiary/aromatic N) is 1. The number of nitrogens with one attached hydrogen (secondary N) is 1. The van der Waals surface area contributed by atoms with Gasteiger partial charge in [0.1, 0.15) is 5.69 Å². The summed E-state index contributed by atoms with van der Waals surface area (Å²) in [5, 5.41) is 2.98. The number of carbonyl (C=O) groups excluding carboxylic acids is 2. The van der Waals surface area contributed by atoms with Gasteiger partial charge in [0, 0.05) is 13.2 Å². The second kappa shape index (κ2) is 4.84. The van der Waals surface area contributed by atoms with Gasteiger partial charge >= 0.3 is 5.97 Å². The van der Waals surface area contributed by atoms with Crippen LogP contribution in [0.25, 0.3) is 0 Å². The van der Waals surface area contributed by atoms with Crippen LogP contribution < -0.4 is 5.32 Å². The zero-order valence-electron chi connectivity index (χ0n) is 10.7. The van der Waals surface area contributed by atoms with Crippen LogP contribution in [0.1, 0.15) is 36.2 Å². The summed E-state index contributed by atoms with van der Waals surface area (Å²) in [5.41, 5.74) is 0.195. The molecular formula is C13H18N2O3. The van der Waals surface area contributed by atoms with Crippen molar-refractivity contribution in [2.75, 3.05) is 7.11 Å². The Morgan fingerprint density at radius 3 is 2.67 bits per heavy atom. The first kappa shape index (κ1) is 12.7. The highest BCUT2D eigenvalue weighted by Gasteiger charge is 2.41. The molecule has 0 aromatic carbocycles. The van der Waals surface area contributed by atoms with Crippen LogP contribution >= 0.6 is 0 Å². The highest BCUT2D eigenvalue weighted by Crippen LogP contribution is 2.35. The largest absolute Gasteiger partial charge is 0.469 e. The maximum Gasteiger partial charge on any atom is 0.307 e. The van der Waals surface area contributed by atoms with Crippen LogP contribution in [0.2, 0.25) is 0 Å². The minimum Gasteiger partial charge on any atom is -0.469 e. The molecular weight excluding hydrogens is 232 g/mol. The zero-order chi connectivity index (χ0) is 13.2. The molecule has 0 bridgehead atoms. The average molecular weight is 250 g/mol. The van der Waals surface area contributed by atoms with Gasteiger partial charge < -0.3 is 14.6 Å². The molecule has 1 heterocycles. The third-order valence-corrected chi connectivity index (χ3v) is 3.58. The van der Waals surface area contributed by atoms with Crippen molar-refractivity contribution in [3.63, 3.8) is 0 Å². The van der Waals surface area contributed by atoms with Gasteiger partial charge in [-0.05, 0) is 31.4 Å². The standard InChI is InChI=1S/C13H18N2O3/c1-15-8-3-5-10(15)12(17)14-13(6-4-7-13)9-11(16)18-2/h3,5,8H,4,6-7,9H2,1-2H3,(H,14,17). The Morgan fingerprint density at radius 1 is 1.50 bits per heavy atom. The van der Waals surface area contributed by atoms with Gasteiger partial charge in [-0.15, -0.1) is 0 Å². The molecule has 98 valence electrons. The summed E-state index contributed by atoms with van der Waals surface area (Å²) in [6.45, 7) is 0. The SMILES string of the molecule is COC(=O)CC1(NC(=O)c2cccn2C)CCC1. The molecule has 18 heavy (non-hydrogen) atoms. The fourth-order valence-electron chi connectivity index (χ4n) is 2.30. The summed E-state index contributed by atoms with van der Waals surface area (Å²) in [6, 6.07) is 3.59. The number of aromatic nitrogens is 1. The van der Waals surface area contributed by atoms with Gasteiger partial charge in [-0.3, -0.25) is 9.59 Å². The Morgan fingerprint density at radius 2 is 2.22 bits per heavy atom. The first-order valence-electron chi connectivity index (χ1n) is 6.07. The molecule has 1 aliphatic carbocycles. The summed E-state index contributed by atoms with van der Waals surface area (Å²) in [6.07, 6.45) is 4.77. The van der Waals surface area contributed by atoms with E-state index in [1.807, 2.05) is 19.3 Å². The highest BCUT2D eigenvalue weighted by molar-refractivity contribution is 5.93. The second-order valence-electron chi connectivity index (χ2n) is 4.85. The van der Waals surface area contributed by atoms with Crippen molar-refractivity contribution >= 4 is 11.9 Å². The normalized spacial score (nSPS) is 16.8. The predicted octanol–water partition coefficient (Wildman–Crippen LogP) is 1.24. The lowest BCUT2D eigenvalue weighted by molar-refractivity contribution is -0.143. The van der Waals surface area contributed by atoms with Crippen LogP contribution in [0, 0.1) is 0 Å². The minimum atomic E-state index is -0.408. The fraction of sp³-hybridized carbons (Fsp3) is 0.538. The third-order valence-electron chi connectivity index (χ3n) is 3.58. The van der Waals surface area contributed by atoms with Crippen molar-refractivity contribution in [2.24, 2.45) is 7.05 Å². The van der Waals surface area contributed by atoms with E-state index < -0.39 is 5.54 Å². The van der Waals surface area contributed by atoms with E-state index in [-0.39, 0.29) is 18.3 Å². The topological polar surface area (TPSA) is 60.3 Å². The van der Waals surface area contributed by atoms with Crippen molar-refractivity contribution in [3.05, 3.63) is 24.0 Å². The summed E-state index contributed by atoms with van der Waals surface area (Å²) >= 11 is 0. The van der Waals surface area contributed by atoms with Gasteiger partial charge in [-0.25, -0.2) is 0 Å². The molecule has 1 saturated carbocycles. The fourth-order valence-corrected chi connectivity index (χ4v) is 2.30. The molecule has 0 unspecified atom stereocenters. The Kier molecular flexibility index (Phi) is 3.41. The van der Waals surface area contributed by atoms with Crippen molar-refractivity contribution in [3.8, 4) is 0 Å². The van der Waals surface area contributed by atoms with Gasteiger partial charge in [0.15, 0.2) is 0 Å². The Balaban J connectivity index is 2.05. The molecule has 0 radical (unpaired) electrons. The van der Waals surface area contributed by atoms with Crippen LogP contribution in [-0.2, 0) is 16.6 Å². The number of methoxy groups -OCH3 is 1. The Hall–Kier alpha value is -1.78. The molecule has 1 aliphatic rings. The van der Waals surface area contributed by atoms with E-state index in [0.29, 0.717) is 5.69 Å². The molecule has 0 spiro atoms. The summed E-state index contributed by atoms with van der Waals surface area (Å²) < 4.78 is 6.45. The second-order valence-corrected chi connectivity index (χ2v) is 4.85. The maximum atomic E-state index is 12.1. The summed E-state index contributed by atoms with van der Waals surface area (Å²) in [7, 11) is 3.19. The maximum absolute atomic E-state index is 12.1. The van der Waals surface area contributed by atoms with Gasteiger partial charge in [0.05, 0.1) is 19.1 Å². The number of amides is 1. The smallest absolute Gasteiger partial charge is 0.307 e. The van der Waals surface area contributed by atoms with E-state index in [1.54, 1.807) is 10.6 Å². The van der Waals surface area contributed by atoms with Crippen molar-refractivity contribution in [1.29, 1.82) is 0 Å². The van der Waals surface area contributed by atoms with E-state index >= 15 is 0 Å². The van der Waals surface area contributed by atoms with Crippen LogP contribution in [-0.4, -0.2) is 29.1 Å². The first-order valence-corrected chi connectivity index (χ1v) is 6.07. The first-order chi connectivity index (χ1) is 8.56. The molecule has 2 rings (SSSR count). The summed E-state index contributed by atoms with van der Waals surface area (Å²) in [5.74, 6) is -0.409. The van der Waals surface area contributed by atoms with Gasteiger partial charge in [-0.2, -0.15) is 0 Å². The number of aryl methyl sites for hydroxylation is 1. The highest BCUT2D eigenvalue weighted by atomic mass is 16.5. The van der Waals surface area contributed by atoms with Crippen molar-refractivity contribution in [2.45, 2.75) is 31.2 Å². The molecule has 0 atom stereocenters. The van der Waals surface area contributed by atoms with E-state index in [2.05, 4.69) is 10.1 Å². The lowest BCUT2D eigenvalue weighted by Gasteiger charge is -2.41. The number of esters is 1. The van der Waals surface area contributed by atoms with Gasteiger partial charge in [0.2, 0.25) is 0 Å². The predicted molar refractivity (Wildman–Crippen MR) is 66.1 cm³/mol. The number of ether oxygens (including phenoxy) is 1. The average Bonchev–Trinajstić information content (AvgIpc) is 2.72. The van der Waals surface area contributed by atoms with Gasteiger partial charge in [-0.1, -0.05) is 0 Å². The van der Waals surface area contributed by atoms with Crippen molar-refractivity contribution < 1.29 is 14.3 Å². The van der Waals surface area contributed by atoms with Gasteiger partial charge in [0.25, 0.3) is 5.91 Å². The Labute approximate surface area is 106 Å². The minimum absolute atomic E-state index is 0.133. The number of hydrogen-bond donors (Lipinski definition) is 1. The van der Waals surface area contributed by atoms with E-state index in [9.17, 15) is 9.59 Å². The molecule has 5 heteroatoms. The monoisotopic (exact) mass is 250 g/mol. The molecule has 0 aliphatic heterocycles. The quantitative estimate of drug-likeness (QED) is 0.818. The molecule has 1 aromatic rings. The van der Waals surface area contributed by atoms with Crippen LogP contribution in [0.15, 0.2) is 18.3 Å². The number of rotatable bonds is 4. The van der Waals surface area contributed by atoms with E-state index in [0.717, 1.165) is 19.3 Å². The third kappa shape index (κ3) is 2.39. The molecule has 1 fully saturated rings. The van der Waals surface area contributed by atoms with Crippen LogP contribution in [0.5, 0.6) is 0 Å². The zero-order valence-corrected chi connectivity index (χ0v) is 10.7. The summed E-state index contributed by atoms with van der Waals surface area (Å²) in [4.78, 5) is 23.5. The molecule has 1 amide bonds. The lowest BCUT2D eigenvalue weighted by atomic mass is 9.74. The molecule has 1 N–H and O–H groups in total.